The lowest BCUT2D eigenvalue weighted by atomic mass is 9.78. The van der Waals surface area contributed by atoms with Crippen molar-refractivity contribution in [2.45, 2.75) is 59.3 Å². The highest BCUT2D eigenvalue weighted by Crippen LogP contribution is 2.42. The number of hydrogen-bond acceptors (Lipinski definition) is 1. The van der Waals surface area contributed by atoms with Crippen LogP contribution in [-0.4, -0.2) is 12.5 Å². The summed E-state index contributed by atoms with van der Waals surface area (Å²) in [5.74, 6) is 0.937. The SMILES string of the molecule is CCC(=O)NCC1(CC(C)C)CCCC1. The summed E-state index contributed by atoms with van der Waals surface area (Å²) in [5, 5.41) is 3.08. The summed E-state index contributed by atoms with van der Waals surface area (Å²) in [6.07, 6.45) is 7.16. The van der Waals surface area contributed by atoms with Crippen LogP contribution in [-0.2, 0) is 4.79 Å². The molecule has 1 rings (SSSR count). The summed E-state index contributed by atoms with van der Waals surface area (Å²) in [5.41, 5.74) is 0.416. The van der Waals surface area contributed by atoms with Crippen LogP contribution in [0.1, 0.15) is 59.3 Å². The average Bonchev–Trinajstić information content (AvgIpc) is 2.62. The second kappa shape index (κ2) is 5.53. The van der Waals surface area contributed by atoms with E-state index in [0.717, 1.165) is 12.5 Å². The first-order valence-corrected chi connectivity index (χ1v) is 6.35. The predicted molar refractivity (Wildman–Crippen MR) is 63.7 cm³/mol. The summed E-state index contributed by atoms with van der Waals surface area (Å²) < 4.78 is 0. The molecular weight excluding hydrogens is 186 g/mol. The van der Waals surface area contributed by atoms with Gasteiger partial charge < -0.3 is 5.32 Å². The van der Waals surface area contributed by atoms with Crippen molar-refractivity contribution in [1.82, 2.24) is 5.32 Å². The minimum Gasteiger partial charge on any atom is -0.356 e. The first-order chi connectivity index (χ1) is 7.08. The molecule has 1 fully saturated rings. The molecule has 15 heavy (non-hydrogen) atoms. The Kier molecular flexibility index (Phi) is 4.62. The number of rotatable bonds is 5. The fourth-order valence-corrected chi connectivity index (χ4v) is 2.86. The van der Waals surface area contributed by atoms with Crippen LogP contribution in [0, 0.1) is 11.3 Å². The lowest BCUT2D eigenvalue weighted by Crippen LogP contribution is -2.36. The second-order valence-corrected chi connectivity index (χ2v) is 5.44. The van der Waals surface area contributed by atoms with Crippen molar-refractivity contribution in [2.75, 3.05) is 6.54 Å². The molecule has 0 bridgehead atoms. The normalized spacial score (nSPS) is 19.5. The van der Waals surface area contributed by atoms with Crippen molar-refractivity contribution >= 4 is 5.91 Å². The minimum atomic E-state index is 0.199. The Balaban J connectivity index is 2.46. The second-order valence-electron chi connectivity index (χ2n) is 5.44. The van der Waals surface area contributed by atoms with Crippen LogP contribution >= 0.6 is 0 Å². The van der Waals surface area contributed by atoms with E-state index in [9.17, 15) is 4.79 Å². The van der Waals surface area contributed by atoms with Crippen molar-refractivity contribution in [1.29, 1.82) is 0 Å². The Morgan fingerprint density at radius 2 is 1.93 bits per heavy atom. The molecule has 0 unspecified atom stereocenters. The Labute approximate surface area is 93.8 Å². The zero-order valence-electron chi connectivity index (χ0n) is 10.4. The summed E-state index contributed by atoms with van der Waals surface area (Å²) in [6.45, 7) is 7.38. The molecule has 1 saturated carbocycles. The standard InChI is InChI=1S/C13H25NO/c1-4-12(15)14-10-13(9-11(2)3)7-5-6-8-13/h11H,4-10H2,1-3H3,(H,14,15). The van der Waals surface area contributed by atoms with E-state index in [-0.39, 0.29) is 5.91 Å². The van der Waals surface area contributed by atoms with E-state index in [2.05, 4.69) is 19.2 Å². The molecule has 0 atom stereocenters. The topological polar surface area (TPSA) is 29.1 Å². The van der Waals surface area contributed by atoms with Crippen LogP contribution in [0.4, 0.5) is 0 Å². The third-order valence-corrected chi connectivity index (χ3v) is 3.49. The highest BCUT2D eigenvalue weighted by molar-refractivity contribution is 5.75. The zero-order chi connectivity index (χ0) is 11.3. The van der Waals surface area contributed by atoms with Crippen LogP contribution in [0.25, 0.3) is 0 Å². The van der Waals surface area contributed by atoms with Gasteiger partial charge in [-0.3, -0.25) is 4.79 Å². The van der Waals surface area contributed by atoms with Gasteiger partial charge in [-0.25, -0.2) is 0 Å². The van der Waals surface area contributed by atoms with Gasteiger partial charge in [0.25, 0.3) is 0 Å². The molecule has 88 valence electrons. The molecule has 0 heterocycles. The van der Waals surface area contributed by atoms with Crippen molar-refractivity contribution in [3.8, 4) is 0 Å². The van der Waals surface area contributed by atoms with Crippen LogP contribution in [0.2, 0.25) is 0 Å². The summed E-state index contributed by atoms with van der Waals surface area (Å²) in [6, 6.07) is 0. The maximum atomic E-state index is 11.3. The van der Waals surface area contributed by atoms with Gasteiger partial charge in [-0.2, -0.15) is 0 Å². The van der Waals surface area contributed by atoms with Gasteiger partial charge in [-0.15, -0.1) is 0 Å². The Bertz CT molecular complexity index is 205. The van der Waals surface area contributed by atoms with Crippen LogP contribution < -0.4 is 5.32 Å². The lowest BCUT2D eigenvalue weighted by Gasteiger charge is -2.31. The molecular formula is C13H25NO. The molecule has 0 aromatic rings. The number of carbonyl (C=O) groups excluding carboxylic acids is 1. The highest BCUT2D eigenvalue weighted by atomic mass is 16.1. The van der Waals surface area contributed by atoms with E-state index in [1.165, 1.54) is 32.1 Å². The van der Waals surface area contributed by atoms with Gasteiger partial charge in [0.1, 0.15) is 0 Å². The predicted octanol–water partition coefficient (Wildman–Crippen LogP) is 3.12. The van der Waals surface area contributed by atoms with E-state index in [1.807, 2.05) is 6.92 Å². The fourth-order valence-electron chi connectivity index (χ4n) is 2.86. The number of nitrogens with one attached hydrogen (secondary N) is 1. The molecule has 1 amide bonds. The third-order valence-electron chi connectivity index (χ3n) is 3.49. The molecule has 0 radical (unpaired) electrons. The molecule has 0 aromatic heterocycles. The van der Waals surface area contributed by atoms with Crippen molar-refractivity contribution in [2.24, 2.45) is 11.3 Å². The van der Waals surface area contributed by atoms with Crippen LogP contribution in [0.3, 0.4) is 0 Å². The maximum absolute atomic E-state index is 11.3. The van der Waals surface area contributed by atoms with E-state index >= 15 is 0 Å². The first-order valence-electron chi connectivity index (χ1n) is 6.35. The van der Waals surface area contributed by atoms with E-state index in [0.29, 0.717) is 11.8 Å². The molecule has 0 aliphatic heterocycles. The van der Waals surface area contributed by atoms with Gasteiger partial charge >= 0.3 is 0 Å². The average molecular weight is 211 g/mol. The Morgan fingerprint density at radius 1 is 1.33 bits per heavy atom. The molecule has 0 spiro atoms. The van der Waals surface area contributed by atoms with E-state index < -0.39 is 0 Å². The molecule has 1 aliphatic carbocycles. The third kappa shape index (κ3) is 3.84. The number of carbonyl (C=O) groups is 1. The van der Waals surface area contributed by atoms with Crippen molar-refractivity contribution in [3.05, 3.63) is 0 Å². The van der Waals surface area contributed by atoms with Crippen LogP contribution in [0.15, 0.2) is 0 Å². The minimum absolute atomic E-state index is 0.199. The lowest BCUT2D eigenvalue weighted by molar-refractivity contribution is -0.121. The molecule has 0 aromatic carbocycles. The molecule has 2 nitrogen and oxygen atoms in total. The fraction of sp³-hybridized carbons (Fsp3) is 0.923. The molecule has 2 heteroatoms. The Hall–Kier alpha value is -0.530. The summed E-state index contributed by atoms with van der Waals surface area (Å²) >= 11 is 0. The van der Waals surface area contributed by atoms with Gasteiger partial charge in [0.2, 0.25) is 5.91 Å². The smallest absolute Gasteiger partial charge is 0.219 e. The van der Waals surface area contributed by atoms with Gasteiger partial charge in [0.05, 0.1) is 0 Å². The zero-order valence-corrected chi connectivity index (χ0v) is 10.4. The quantitative estimate of drug-likeness (QED) is 0.743. The summed E-state index contributed by atoms with van der Waals surface area (Å²) in [4.78, 5) is 11.3. The van der Waals surface area contributed by atoms with Crippen molar-refractivity contribution in [3.63, 3.8) is 0 Å². The molecule has 1 aliphatic rings. The van der Waals surface area contributed by atoms with Gasteiger partial charge in [-0.1, -0.05) is 33.6 Å². The van der Waals surface area contributed by atoms with Gasteiger partial charge in [-0.05, 0) is 30.6 Å². The summed E-state index contributed by atoms with van der Waals surface area (Å²) in [7, 11) is 0. The largest absolute Gasteiger partial charge is 0.356 e. The molecule has 0 saturated heterocycles. The van der Waals surface area contributed by atoms with E-state index in [4.69, 9.17) is 0 Å². The van der Waals surface area contributed by atoms with Crippen LogP contribution in [0.5, 0.6) is 0 Å². The highest BCUT2D eigenvalue weighted by Gasteiger charge is 2.34. The Morgan fingerprint density at radius 3 is 2.40 bits per heavy atom. The monoisotopic (exact) mass is 211 g/mol. The number of hydrogen-bond donors (Lipinski definition) is 1. The molecule has 1 N–H and O–H groups in total. The van der Waals surface area contributed by atoms with Gasteiger partial charge in [0.15, 0.2) is 0 Å². The van der Waals surface area contributed by atoms with E-state index in [1.54, 1.807) is 0 Å². The van der Waals surface area contributed by atoms with Crippen molar-refractivity contribution < 1.29 is 4.79 Å². The first kappa shape index (κ1) is 12.5. The number of amides is 1. The van der Waals surface area contributed by atoms with Gasteiger partial charge in [0, 0.05) is 13.0 Å². The maximum Gasteiger partial charge on any atom is 0.219 e.